The second-order valence-corrected chi connectivity index (χ2v) is 8.32. The van der Waals surface area contributed by atoms with E-state index in [9.17, 15) is 14.0 Å². The van der Waals surface area contributed by atoms with Gasteiger partial charge in [-0.15, -0.1) is 0 Å². The van der Waals surface area contributed by atoms with Crippen molar-refractivity contribution in [2.45, 2.75) is 33.3 Å². The summed E-state index contributed by atoms with van der Waals surface area (Å²) in [6.07, 6.45) is 2.07. The van der Waals surface area contributed by atoms with Crippen molar-refractivity contribution in [3.63, 3.8) is 0 Å². The predicted octanol–water partition coefficient (Wildman–Crippen LogP) is 3.86. The summed E-state index contributed by atoms with van der Waals surface area (Å²) < 4.78 is 19.5. The molecule has 1 aromatic heterocycles. The van der Waals surface area contributed by atoms with Crippen LogP contribution in [0.3, 0.4) is 0 Å². The fraction of sp³-hybridized carbons (Fsp3) is 0.360. The molecule has 1 atom stereocenters. The van der Waals surface area contributed by atoms with Crippen molar-refractivity contribution in [1.29, 1.82) is 0 Å². The van der Waals surface area contributed by atoms with Gasteiger partial charge in [-0.05, 0) is 50.6 Å². The van der Waals surface area contributed by atoms with E-state index in [1.807, 2.05) is 32.8 Å². The van der Waals surface area contributed by atoms with E-state index in [0.29, 0.717) is 58.9 Å². The molecule has 0 saturated heterocycles. The Morgan fingerprint density at radius 3 is 2.73 bits per heavy atom. The van der Waals surface area contributed by atoms with E-state index in [2.05, 4.69) is 22.2 Å². The Morgan fingerprint density at radius 1 is 1.33 bits per heavy atom. The quantitative estimate of drug-likeness (QED) is 0.502. The second kappa shape index (κ2) is 10.0. The summed E-state index contributed by atoms with van der Waals surface area (Å²) >= 11 is 0. The second-order valence-electron chi connectivity index (χ2n) is 8.32. The highest BCUT2D eigenvalue weighted by Gasteiger charge is 2.26. The lowest BCUT2D eigenvalue weighted by atomic mass is 10.0. The van der Waals surface area contributed by atoms with Crippen molar-refractivity contribution in [2.75, 3.05) is 32.6 Å². The van der Waals surface area contributed by atoms with Crippen LogP contribution in [0.1, 0.15) is 46.2 Å². The maximum atomic E-state index is 13.7. The summed E-state index contributed by atoms with van der Waals surface area (Å²) in [6.45, 7) is 10.4. The zero-order valence-corrected chi connectivity index (χ0v) is 19.8. The molecule has 0 spiro atoms. The van der Waals surface area contributed by atoms with Crippen LogP contribution in [0.25, 0.3) is 11.6 Å². The number of hydrogen-bond donors (Lipinski definition) is 3. The Kier molecular flexibility index (Phi) is 7.38. The van der Waals surface area contributed by atoms with E-state index >= 15 is 0 Å². The molecule has 3 N–H and O–H groups in total. The van der Waals surface area contributed by atoms with Crippen molar-refractivity contribution in [2.24, 2.45) is 0 Å². The van der Waals surface area contributed by atoms with Gasteiger partial charge in [0.25, 0.3) is 11.8 Å². The van der Waals surface area contributed by atoms with Gasteiger partial charge >= 0.3 is 0 Å². The molecule has 33 heavy (non-hydrogen) atoms. The van der Waals surface area contributed by atoms with Crippen molar-refractivity contribution >= 4 is 29.2 Å². The number of hydrogen-bond acceptors (Lipinski definition) is 4. The van der Waals surface area contributed by atoms with Gasteiger partial charge in [0.15, 0.2) is 0 Å². The van der Waals surface area contributed by atoms with Gasteiger partial charge in [0.2, 0.25) is 0 Å². The maximum Gasteiger partial charge on any atom is 0.256 e. The minimum atomic E-state index is -0.420. The van der Waals surface area contributed by atoms with E-state index in [4.69, 9.17) is 4.74 Å². The van der Waals surface area contributed by atoms with Crippen LogP contribution in [0.5, 0.6) is 0 Å². The summed E-state index contributed by atoms with van der Waals surface area (Å²) in [7, 11) is 3.84. The Bertz CT molecular complexity index is 1120. The number of aromatic nitrogens is 1. The topological polar surface area (TPSA) is 86.5 Å². The van der Waals surface area contributed by atoms with Gasteiger partial charge in [0, 0.05) is 62.0 Å². The number of H-pyrrole nitrogens is 1. The average Bonchev–Trinajstić information content (AvgIpc) is 3.21. The number of ether oxygens (including phenoxy) is 1. The zero-order valence-electron chi connectivity index (χ0n) is 19.8. The van der Waals surface area contributed by atoms with E-state index in [0.717, 1.165) is 5.70 Å². The van der Waals surface area contributed by atoms with Gasteiger partial charge in [0.1, 0.15) is 5.82 Å². The summed E-state index contributed by atoms with van der Waals surface area (Å²) in [5.41, 5.74) is 4.85. The highest BCUT2D eigenvalue weighted by molar-refractivity contribution is 6.34. The number of carbonyl (C=O) groups excluding carboxylic acids is 2. The SMILES string of the molecule is C=C(CC(CNC(=O)c1c(C)[nH]c(/C=C2\C(=O)Nc3ccc(F)cc32)c1C)OCC)N(C)C. The van der Waals surface area contributed by atoms with Crippen molar-refractivity contribution in [3.8, 4) is 0 Å². The molecule has 0 bridgehead atoms. The smallest absolute Gasteiger partial charge is 0.256 e. The standard InChI is InChI=1S/C25H31FN4O3/c1-7-33-18(10-14(2)30(5)6)13-27-25(32)23-15(3)22(28-16(23)4)12-20-19-11-17(26)8-9-21(19)29-24(20)31/h8-9,11-12,18,28H,2,7,10,13H2,1,3-6H3,(H,27,32)(H,29,31)/b20-12-. The number of anilines is 1. The number of fused-ring (bicyclic) bond motifs is 1. The number of carbonyl (C=O) groups is 2. The molecule has 0 aliphatic carbocycles. The lowest BCUT2D eigenvalue weighted by molar-refractivity contribution is -0.110. The first kappa shape index (κ1) is 24.3. The molecule has 0 radical (unpaired) electrons. The first-order valence-electron chi connectivity index (χ1n) is 10.9. The summed E-state index contributed by atoms with van der Waals surface area (Å²) in [6, 6.07) is 4.17. The third kappa shape index (κ3) is 5.34. The number of nitrogens with zero attached hydrogens (tertiary/aromatic N) is 1. The predicted molar refractivity (Wildman–Crippen MR) is 128 cm³/mol. The van der Waals surface area contributed by atoms with Gasteiger partial charge in [-0.1, -0.05) is 6.58 Å². The number of aromatic amines is 1. The van der Waals surface area contributed by atoms with E-state index in [1.54, 1.807) is 13.0 Å². The zero-order chi connectivity index (χ0) is 24.3. The molecule has 0 fully saturated rings. The number of amides is 2. The van der Waals surface area contributed by atoms with Crippen LogP contribution in [0.2, 0.25) is 0 Å². The maximum absolute atomic E-state index is 13.7. The van der Waals surface area contributed by atoms with Gasteiger partial charge in [-0.2, -0.15) is 0 Å². The molecular formula is C25H31FN4O3. The molecular weight excluding hydrogens is 423 g/mol. The van der Waals surface area contributed by atoms with Crippen molar-refractivity contribution in [1.82, 2.24) is 15.2 Å². The molecule has 1 unspecified atom stereocenters. The number of halogens is 1. The Morgan fingerprint density at radius 2 is 2.06 bits per heavy atom. The lowest BCUT2D eigenvalue weighted by Crippen LogP contribution is -2.35. The van der Waals surface area contributed by atoms with Crippen LogP contribution in [-0.4, -0.2) is 55.0 Å². The normalized spacial score (nSPS) is 14.7. The van der Waals surface area contributed by atoms with Gasteiger partial charge in [-0.3, -0.25) is 9.59 Å². The monoisotopic (exact) mass is 454 g/mol. The summed E-state index contributed by atoms with van der Waals surface area (Å²) in [5.74, 6) is -0.960. The molecule has 7 nitrogen and oxygen atoms in total. The number of aryl methyl sites for hydroxylation is 1. The molecule has 1 aromatic carbocycles. The minimum absolute atomic E-state index is 0.191. The highest BCUT2D eigenvalue weighted by atomic mass is 19.1. The summed E-state index contributed by atoms with van der Waals surface area (Å²) in [5, 5.41) is 5.69. The van der Waals surface area contributed by atoms with Crippen LogP contribution in [0, 0.1) is 19.7 Å². The molecule has 1 aliphatic rings. The number of benzene rings is 1. The van der Waals surface area contributed by atoms with Gasteiger partial charge in [0.05, 0.1) is 17.2 Å². The molecule has 2 heterocycles. The molecule has 8 heteroatoms. The fourth-order valence-corrected chi connectivity index (χ4v) is 3.87. The Balaban J connectivity index is 1.80. The van der Waals surface area contributed by atoms with Crippen LogP contribution in [0.15, 0.2) is 30.5 Å². The van der Waals surface area contributed by atoms with Gasteiger partial charge in [-0.25, -0.2) is 4.39 Å². The first-order valence-corrected chi connectivity index (χ1v) is 10.9. The average molecular weight is 455 g/mol. The van der Waals surface area contributed by atoms with Gasteiger partial charge < -0.3 is 25.3 Å². The largest absolute Gasteiger partial charge is 0.381 e. The van der Waals surface area contributed by atoms with E-state index in [1.165, 1.54) is 18.2 Å². The molecule has 1 aliphatic heterocycles. The van der Waals surface area contributed by atoms with Crippen molar-refractivity contribution in [3.05, 3.63) is 64.4 Å². The minimum Gasteiger partial charge on any atom is -0.381 e. The lowest BCUT2D eigenvalue weighted by Gasteiger charge is -2.22. The molecule has 2 aromatic rings. The van der Waals surface area contributed by atoms with Crippen LogP contribution in [0.4, 0.5) is 10.1 Å². The van der Waals surface area contributed by atoms with E-state index < -0.39 is 5.82 Å². The van der Waals surface area contributed by atoms with E-state index in [-0.39, 0.29) is 17.9 Å². The Hall–Kier alpha value is -3.39. The van der Waals surface area contributed by atoms with Crippen LogP contribution in [-0.2, 0) is 9.53 Å². The first-order chi connectivity index (χ1) is 15.6. The molecule has 0 saturated carbocycles. The summed E-state index contributed by atoms with van der Waals surface area (Å²) in [4.78, 5) is 30.6. The molecule has 2 amide bonds. The fourth-order valence-electron chi connectivity index (χ4n) is 3.87. The molecule has 3 rings (SSSR count). The van der Waals surface area contributed by atoms with Crippen molar-refractivity contribution < 1.29 is 18.7 Å². The number of rotatable bonds is 9. The number of nitrogens with one attached hydrogen (secondary N) is 3. The van der Waals surface area contributed by atoms with Crippen LogP contribution < -0.4 is 10.6 Å². The van der Waals surface area contributed by atoms with Crippen LogP contribution >= 0.6 is 0 Å². The Labute approximate surface area is 193 Å². The third-order valence-corrected chi connectivity index (χ3v) is 5.74. The third-order valence-electron chi connectivity index (χ3n) is 5.74. The highest BCUT2D eigenvalue weighted by Crippen LogP contribution is 2.34. The molecule has 176 valence electrons.